The van der Waals surface area contributed by atoms with Crippen LogP contribution in [-0.2, 0) is 13.5 Å². The first kappa shape index (κ1) is 19.5. The number of nitrogens with zero attached hydrogens (tertiary/aromatic N) is 3. The quantitative estimate of drug-likeness (QED) is 0.492. The van der Waals surface area contributed by atoms with E-state index in [1.807, 2.05) is 30.3 Å². The standard InChI is InChI=1S/C21H16ClN5O3/c1-27-18-17(20(29)26-21(27)30)24-16(19(28)25-18)11-15(12-5-3-2-4-6-12)23-14-9-7-13(22)8-10-14/h2-10H,11H2,1H3,(H,25,28)(H,26,29,30). The maximum atomic E-state index is 12.7. The Bertz CT molecular complexity index is 1430. The van der Waals surface area contributed by atoms with Gasteiger partial charge in [0.2, 0.25) is 0 Å². The fourth-order valence-corrected chi connectivity index (χ4v) is 3.13. The summed E-state index contributed by atoms with van der Waals surface area (Å²) in [6.45, 7) is 0. The van der Waals surface area contributed by atoms with Crippen LogP contribution in [0.4, 0.5) is 5.69 Å². The van der Waals surface area contributed by atoms with Gasteiger partial charge in [0.25, 0.3) is 11.1 Å². The zero-order chi connectivity index (χ0) is 21.3. The Kier molecular flexibility index (Phi) is 5.16. The molecular weight excluding hydrogens is 406 g/mol. The van der Waals surface area contributed by atoms with Gasteiger partial charge in [0.05, 0.1) is 11.4 Å². The van der Waals surface area contributed by atoms with E-state index in [2.05, 4.69) is 19.9 Å². The van der Waals surface area contributed by atoms with Crippen LogP contribution in [0.15, 0.2) is 74.0 Å². The number of aromatic nitrogens is 4. The minimum Gasteiger partial charge on any atom is -0.305 e. The molecule has 0 aliphatic heterocycles. The Balaban J connectivity index is 1.86. The van der Waals surface area contributed by atoms with Crippen molar-refractivity contribution in [1.29, 1.82) is 0 Å². The summed E-state index contributed by atoms with van der Waals surface area (Å²) >= 11 is 5.95. The van der Waals surface area contributed by atoms with Gasteiger partial charge in [-0.2, -0.15) is 0 Å². The maximum Gasteiger partial charge on any atom is 0.329 e. The summed E-state index contributed by atoms with van der Waals surface area (Å²) < 4.78 is 1.13. The molecule has 2 N–H and O–H groups in total. The smallest absolute Gasteiger partial charge is 0.305 e. The van der Waals surface area contributed by atoms with Gasteiger partial charge in [0.15, 0.2) is 5.52 Å². The molecule has 4 aromatic rings. The first-order valence-corrected chi connectivity index (χ1v) is 9.41. The predicted molar refractivity (Wildman–Crippen MR) is 116 cm³/mol. The minimum atomic E-state index is -0.665. The molecule has 4 rings (SSSR count). The molecule has 2 heterocycles. The second-order valence-corrected chi connectivity index (χ2v) is 7.04. The van der Waals surface area contributed by atoms with E-state index in [4.69, 9.17) is 11.6 Å². The molecule has 8 nitrogen and oxygen atoms in total. The highest BCUT2D eigenvalue weighted by molar-refractivity contribution is 6.30. The summed E-state index contributed by atoms with van der Waals surface area (Å²) in [6, 6.07) is 16.4. The molecule has 0 radical (unpaired) electrons. The molecule has 30 heavy (non-hydrogen) atoms. The Morgan fingerprint density at radius 1 is 1.00 bits per heavy atom. The van der Waals surface area contributed by atoms with Gasteiger partial charge in [0, 0.05) is 18.5 Å². The van der Waals surface area contributed by atoms with Crippen LogP contribution in [0.1, 0.15) is 11.3 Å². The first-order chi connectivity index (χ1) is 14.4. The van der Waals surface area contributed by atoms with E-state index in [1.54, 1.807) is 24.3 Å². The van der Waals surface area contributed by atoms with Crippen LogP contribution in [0.5, 0.6) is 0 Å². The number of nitrogens with one attached hydrogen (secondary N) is 2. The monoisotopic (exact) mass is 421 g/mol. The predicted octanol–water partition coefficient (Wildman–Crippen LogP) is 2.33. The Morgan fingerprint density at radius 3 is 2.40 bits per heavy atom. The molecule has 0 spiro atoms. The van der Waals surface area contributed by atoms with Gasteiger partial charge >= 0.3 is 5.69 Å². The van der Waals surface area contributed by atoms with Crippen LogP contribution in [0.2, 0.25) is 5.02 Å². The lowest BCUT2D eigenvalue weighted by atomic mass is 10.1. The number of rotatable bonds is 4. The normalized spacial score (nSPS) is 11.7. The van der Waals surface area contributed by atoms with E-state index < -0.39 is 16.8 Å². The van der Waals surface area contributed by atoms with Crippen LogP contribution in [0.3, 0.4) is 0 Å². The summed E-state index contributed by atoms with van der Waals surface area (Å²) in [7, 11) is 1.44. The van der Waals surface area contributed by atoms with Crippen molar-refractivity contribution < 1.29 is 0 Å². The van der Waals surface area contributed by atoms with Crippen molar-refractivity contribution >= 4 is 34.2 Å². The van der Waals surface area contributed by atoms with E-state index in [1.165, 1.54) is 7.05 Å². The molecule has 0 bridgehead atoms. The molecule has 2 aromatic heterocycles. The van der Waals surface area contributed by atoms with Crippen molar-refractivity contribution in [3.8, 4) is 0 Å². The Hall–Kier alpha value is -3.78. The van der Waals surface area contributed by atoms with Crippen molar-refractivity contribution in [3.63, 3.8) is 0 Å². The molecule has 9 heteroatoms. The topological polar surface area (TPSA) is 113 Å². The molecule has 0 saturated carbocycles. The molecule has 0 saturated heterocycles. The average molecular weight is 422 g/mol. The van der Waals surface area contributed by atoms with Gasteiger partial charge in [-0.1, -0.05) is 41.9 Å². The highest BCUT2D eigenvalue weighted by Crippen LogP contribution is 2.19. The zero-order valence-corrected chi connectivity index (χ0v) is 16.6. The molecule has 0 fully saturated rings. The summed E-state index contributed by atoms with van der Waals surface area (Å²) in [4.78, 5) is 50.3. The van der Waals surface area contributed by atoms with Gasteiger partial charge in [-0.25, -0.2) is 9.78 Å². The van der Waals surface area contributed by atoms with Crippen LogP contribution >= 0.6 is 11.6 Å². The zero-order valence-electron chi connectivity index (χ0n) is 15.8. The second kappa shape index (κ2) is 7.92. The van der Waals surface area contributed by atoms with E-state index in [0.717, 1.165) is 10.1 Å². The van der Waals surface area contributed by atoms with Crippen LogP contribution in [0.25, 0.3) is 11.2 Å². The van der Waals surface area contributed by atoms with Crippen molar-refractivity contribution in [2.75, 3.05) is 0 Å². The molecule has 0 unspecified atom stereocenters. The SMILES string of the molecule is Cn1c(=O)[nH]c(=O)c2nc(CC(=Nc3ccc(Cl)cc3)c3ccccc3)c(=O)[nH]c21. The molecular formula is C21H16ClN5O3. The van der Waals surface area contributed by atoms with Crippen molar-refractivity contribution in [2.24, 2.45) is 12.0 Å². The number of aryl methyl sites for hydroxylation is 1. The summed E-state index contributed by atoms with van der Waals surface area (Å²) in [5, 5.41) is 0.590. The number of fused-ring (bicyclic) bond motifs is 1. The van der Waals surface area contributed by atoms with Crippen LogP contribution < -0.4 is 16.8 Å². The van der Waals surface area contributed by atoms with E-state index >= 15 is 0 Å². The fourth-order valence-electron chi connectivity index (χ4n) is 3.01. The Labute approximate surface area is 174 Å². The number of H-pyrrole nitrogens is 2. The molecule has 150 valence electrons. The fraction of sp³-hybridized carbons (Fsp3) is 0.0952. The molecule has 0 aliphatic rings. The lowest BCUT2D eigenvalue weighted by molar-refractivity contribution is 0.817. The highest BCUT2D eigenvalue weighted by Gasteiger charge is 2.14. The summed E-state index contributed by atoms with van der Waals surface area (Å²) in [5.41, 5.74) is 0.425. The molecule has 0 amide bonds. The van der Waals surface area contributed by atoms with Crippen molar-refractivity contribution in [3.05, 3.63) is 102 Å². The van der Waals surface area contributed by atoms with Crippen molar-refractivity contribution in [2.45, 2.75) is 6.42 Å². The lowest BCUT2D eigenvalue weighted by Crippen LogP contribution is -2.32. The van der Waals surface area contributed by atoms with Gasteiger partial charge in [0.1, 0.15) is 11.3 Å². The number of halogens is 1. The number of aromatic amines is 2. The highest BCUT2D eigenvalue weighted by atomic mass is 35.5. The number of hydrogen-bond donors (Lipinski definition) is 2. The van der Waals surface area contributed by atoms with E-state index in [0.29, 0.717) is 16.4 Å². The van der Waals surface area contributed by atoms with Crippen molar-refractivity contribution in [1.82, 2.24) is 19.5 Å². The lowest BCUT2D eigenvalue weighted by Gasteiger charge is -2.08. The maximum absolute atomic E-state index is 12.7. The van der Waals surface area contributed by atoms with E-state index in [-0.39, 0.29) is 23.3 Å². The second-order valence-electron chi connectivity index (χ2n) is 6.61. The van der Waals surface area contributed by atoms with Crippen LogP contribution in [0, 0.1) is 0 Å². The largest absolute Gasteiger partial charge is 0.329 e. The minimum absolute atomic E-state index is 0.0226. The Morgan fingerprint density at radius 2 is 1.70 bits per heavy atom. The molecule has 0 aliphatic carbocycles. The van der Waals surface area contributed by atoms with Crippen LogP contribution in [-0.4, -0.2) is 25.2 Å². The van der Waals surface area contributed by atoms with Gasteiger partial charge < -0.3 is 4.98 Å². The van der Waals surface area contributed by atoms with Gasteiger partial charge in [-0.05, 0) is 29.8 Å². The van der Waals surface area contributed by atoms with Gasteiger partial charge in [-0.3, -0.25) is 24.1 Å². The number of aliphatic imine (C=N–C) groups is 1. The number of hydrogen-bond acceptors (Lipinski definition) is 5. The average Bonchev–Trinajstić information content (AvgIpc) is 2.74. The molecule has 0 atom stereocenters. The third-order valence-electron chi connectivity index (χ3n) is 4.57. The molecule has 2 aromatic carbocycles. The van der Waals surface area contributed by atoms with Gasteiger partial charge in [-0.15, -0.1) is 0 Å². The number of benzene rings is 2. The summed E-state index contributed by atoms with van der Waals surface area (Å²) in [5.74, 6) is 0. The van der Waals surface area contributed by atoms with E-state index in [9.17, 15) is 14.4 Å². The third kappa shape index (κ3) is 3.85. The third-order valence-corrected chi connectivity index (χ3v) is 4.83. The first-order valence-electron chi connectivity index (χ1n) is 9.03. The summed E-state index contributed by atoms with van der Waals surface area (Å²) in [6.07, 6.45) is 0.0835.